The monoisotopic (exact) mass is 282 g/mol. The molecule has 20 heavy (non-hydrogen) atoms. The Morgan fingerprint density at radius 1 is 1.35 bits per heavy atom. The number of rotatable bonds is 5. The molecule has 1 aromatic carbocycles. The van der Waals surface area contributed by atoms with E-state index in [2.05, 4.69) is 5.32 Å². The third-order valence-electron chi connectivity index (χ3n) is 4.01. The van der Waals surface area contributed by atoms with Crippen molar-refractivity contribution in [2.24, 2.45) is 11.8 Å². The van der Waals surface area contributed by atoms with Crippen LogP contribution in [0, 0.1) is 27.8 Å². The lowest BCUT2D eigenvalue weighted by Crippen LogP contribution is -2.28. The summed E-state index contributed by atoms with van der Waals surface area (Å²) >= 11 is 0. The van der Waals surface area contributed by atoms with E-state index in [-0.39, 0.29) is 18.2 Å². The van der Waals surface area contributed by atoms with Gasteiger partial charge in [0, 0.05) is 13.2 Å². The molecule has 1 aliphatic rings. The summed E-state index contributed by atoms with van der Waals surface area (Å²) in [7, 11) is 0. The predicted molar refractivity (Wildman–Crippen MR) is 74.1 cm³/mol. The first-order valence-electron chi connectivity index (χ1n) is 6.90. The second kappa shape index (κ2) is 6.65. The van der Waals surface area contributed by atoms with Gasteiger partial charge in [-0.2, -0.15) is 0 Å². The van der Waals surface area contributed by atoms with Crippen LogP contribution in [0.15, 0.2) is 18.2 Å². The fourth-order valence-electron chi connectivity index (χ4n) is 2.84. The molecule has 0 aromatic heterocycles. The minimum absolute atomic E-state index is 0.151. The van der Waals surface area contributed by atoms with E-state index in [9.17, 15) is 19.6 Å². The summed E-state index contributed by atoms with van der Waals surface area (Å²) < 4.78 is 13.1. The second-order valence-corrected chi connectivity index (χ2v) is 5.29. The molecule has 1 saturated carbocycles. The standard InChI is InChI=1S/C14H19FN2O3/c15-12-5-6-13(14(7-12)17(19)20)16-8-10-3-1-2-4-11(10)9-18/h5-7,10-11,16,18H,1-4,8-9H2. The Labute approximate surface area is 117 Å². The van der Waals surface area contributed by atoms with Gasteiger partial charge in [-0.1, -0.05) is 12.8 Å². The first-order valence-corrected chi connectivity index (χ1v) is 6.90. The molecule has 2 rings (SSSR count). The highest BCUT2D eigenvalue weighted by Gasteiger charge is 2.25. The van der Waals surface area contributed by atoms with Crippen LogP contribution in [0.25, 0.3) is 0 Å². The minimum Gasteiger partial charge on any atom is -0.396 e. The molecule has 0 heterocycles. The molecule has 0 radical (unpaired) electrons. The molecule has 2 unspecified atom stereocenters. The van der Waals surface area contributed by atoms with Crippen LogP contribution in [-0.2, 0) is 0 Å². The molecule has 0 amide bonds. The van der Waals surface area contributed by atoms with Gasteiger partial charge < -0.3 is 10.4 Å². The number of anilines is 1. The first kappa shape index (κ1) is 14.7. The lowest BCUT2D eigenvalue weighted by molar-refractivity contribution is -0.384. The third-order valence-corrected chi connectivity index (χ3v) is 4.01. The molecule has 5 nitrogen and oxygen atoms in total. The van der Waals surface area contributed by atoms with Crippen LogP contribution < -0.4 is 5.32 Å². The summed E-state index contributed by atoms with van der Waals surface area (Å²) in [6.07, 6.45) is 4.24. The number of hydrogen-bond acceptors (Lipinski definition) is 4. The number of nitrogens with zero attached hydrogens (tertiary/aromatic N) is 1. The Bertz CT molecular complexity index is 481. The summed E-state index contributed by atoms with van der Waals surface area (Å²) in [6.45, 7) is 0.718. The Morgan fingerprint density at radius 2 is 2.05 bits per heavy atom. The van der Waals surface area contributed by atoms with E-state index < -0.39 is 10.7 Å². The van der Waals surface area contributed by atoms with Gasteiger partial charge >= 0.3 is 0 Å². The summed E-state index contributed by atoms with van der Waals surface area (Å²) in [5, 5.41) is 23.3. The highest BCUT2D eigenvalue weighted by atomic mass is 19.1. The van der Waals surface area contributed by atoms with Gasteiger partial charge in [-0.3, -0.25) is 10.1 Å². The van der Waals surface area contributed by atoms with Crippen LogP contribution in [-0.4, -0.2) is 23.2 Å². The van der Waals surface area contributed by atoms with Gasteiger partial charge in [-0.05, 0) is 36.8 Å². The zero-order valence-electron chi connectivity index (χ0n) is 11.2. The molecule has 2 atom stereocenters. The molecular weight excluding hydrogens is 263 g/mol. The van der Waals surface area contributed by atoms with Crippen LogP contribution in [0.2, 0.25) is 0 Å². The van der Waals surface area contributed by atoms with Crippen LogP contribution in [0.3, 0.4) is 0 Å². The normalized spacial score (nSPS) is 22.5. The van der Waals surface area contributed by atoms with Crippen LogP contribution in [0.4, 0.5) is 15.8 Å². The number of hydrogen-bond donors (Lipinski definition) is 2. The fourth-order valence-corrected chi connectivity index (χ4v) is 2.84. The smallest absolute Gasteiger partial charge is 0.295 e. The van der Waals surface area contributed by atoms with E-state index in [1.165, 1.54) is 12.1 Å². The first-order chi connectivity index (χ1) is 9.61. The average Bonchev–Trinajstić information content (AvgIpc) is 2.46. The molecule has 0 spiro atoms. The van der Waals surface area contributed by atoms with Gasteiger partial charge in [0.25, 0.3) is 5.69 Å². The predicted octanol–water partition coefficient (Wildman–Crippen LogP) is 2.94. The van der Waals surface area contributed by atoms with Crippen molar-refractivity contribution < 1.29 is 14.4 Å². The van der Waals surface area contributed by atoms with E-state index in [4.69, 9.17) is 0 Å². The van der Waals surface area contributed by atoms with Gasteiger partial charge in [-0.15, -0.1) is 0 Å². The lowest BCUT2D eigenvalue weighted by atomic mass is 9.79. The second-order valence-electron chi connectivity index (χ2n) is 5.29. The highest BCUT2D eigenvalue weighted by Crippen LogP contribution is 2.31. The molecule has 0 bridgehead atoms. The quantitative estimate of drug-likeness (QED) is 0.643. The van der Waals surface area contributed by atoms with Crippen molar-refractivity contribution in [1.82, 2.24) is 0 Å². The number of nitrogens with one attached hydrogen (secondary N) is 1. The molecule has 6 heteroatoms. The van der Waals surface area contributed by atoms with Crippen molar-refractivity contribution in [3.05, 3.63) is 34.1 Å². The summed E-state index contributed by atoms with van der Waals surface area (Å²) in [4.78, 5) is 10.3. The Morgan fingerprint density at radius 3 is 2.70 bits per heavy atom. The SMILES string of the molecule is O=[N+]([O-])c1cc(F)ccc1NCC1CCCCC1CO. The molecule has 0 saturated heterocycles. The minimum atomic E-state index is -0.617. The number of nitro groups is 1. The Kier molecular flexibility index (Phi) is 4.89. The maximum absolute atomic E-state index is 13.1. The topological polar surface area (TPSA) is 75.4 Å². The van der Waals surface area contributed by atoms with E-state index in [0.29, 0.717) is 18.2 Å². The Balaban J connectivity index is 2.04. The van der Waals surface area contributed by atoms with E-state index >= 15 is 0 Å². The lowest BCUT2D eigenvalue weighted by Gasteiger charge is -2.30. The maximum atomic E-state index is 13.1. The molecule has 1 fully saturated rings. The van der Waals surface area contributed by atoms with Crippen molar-refractivity contribution in [3.63, 3.8) is 0 Å². The average molecular weight is 282 g/mol. The van der Waals surface area contributed by atoms with Crippen molar-refractivity contribution in [3.8, 4) is 0 Å². The van der Waals surface area contributed by atoms with E-state index in [0.717, 1.165) is 31.7 Å². The van der Waals surface area contributed by atoms with Crippen LogP contribution >= 0.6 is 0 Å². The molecular formula is C14H19FN2O3. The maximum Gasteiger partial charge on any atom is 0.295 e. The van der Waals surface area contributed by atoms with Gasteiger partial charge in [0.2, 0.25) is 0 Å². The summed E-state index contributed by atoms with van der Waals surface area (Å²) in [6, 6.07) is 3.52. The Hall–Kier alpha value is -1.69. The molecule has 2 N–H and O–H groups in total. The largest absolute Gasteiger partial charge is 0.396 e. The van der Waals surface area contributed by atoms with Gasteiger partial charge in [-0.25, -0.2) is 4.39 Å². The van der Waals surface area contributed by atoms with Gasteiger partial charge in [0.15, 0.2) is 0 Å². The number of aliphatic hydroxyl groups excluding tert-OH is 1. The van der Waals surface area contributed by atoms with Gasteiger partial charge in [0.1, 0.15) is 11.5 Å². The van der Waals surface area contributed by atoms with E-state index in [1.807, 2.05) is 0 Å². The molecule has 110 valence electrons. The van der Waals surface area contributed by atoms with Crippen molar-refractivity contribution in [2.75, 3.05) is 18.5 Å². The number of nitro benzene ring substituents is 1. The highest BCUT2D eigenvalue weighted by molar-refractivity contribution is 5.61. The van der Waals surface area contributed by atoms with Crippen molar-refractivity contribution in [2.45, 2.75) is 25.7 Å². The van der Waals surface area contributed by atoms with E-state index in [1.54, 1.807) is 0 Å². The van der Waals surface area contributed by atoms with Crippen molar-refractivity contribution in [1.29, 1.82) is 0 Å². The zero-order chi connectivity index (χ0) is 14.5. The zero-order valence-corrected chi connectivity index (χ0v) is 11.2. The summed E-state index contributed by atoms with van der Waals surface area (Å²) in [5.74, 6) is -0.0673. The molecule has 1 aromatic rings. The van der Waals surface area contributed by atoms with Crippen LogP contribution in [0.1, 0.15) is 25.7 Å². The molecule has 0 aliphatic heterocycles. The van der Waals surface area contributed by atoms with Crippen LogP contribution in [0.5, 0.6) is 0 Å². The number of aliphatic hydroxyl groups is 1. The number of halogens is 1. The van der Waals surface area contributed by atoms with Gasteiger partial charge in [0.05, 0.1) is 11.0 Å². The fraction of sp³-hybridized carbons (Fsp3) is 0.571. The summed E-state index contributed by atoms with van der Waals surface area (Å²) in [5.41, 5.74) is 0.0834. The molecule has 1 aliphatic carbocycles. The number of benzene rings is 1. The third kappa shape index (κ3) is 3.45. The van der Waals surface area contributed by atoms with Crippen molar-refractivity contribution >= 4 is 11.4 Å².